The fraction of sp³-hybridized carbons (Fsp3) is 0.500. The van der Waals surface area contributed by atoms with Crippen molar-refractivity contribution in [1.29, 1.82) is 0 Å². The highest BCUT2D eigenvalue weighted by atomic mass is 79.9. The summed E-state index contributed by atoms with van der Waals surface area (Å²) >= 11 is 3.39. The number of halogens is 1. The average molecular weight is 271 g/mol. The van der Waals surface area contributed by atoms with E-state index in [2.05, 4.69) is 15.9 Å². The first kappa shape index (κ1) is 11.0. The maximum atomic E-state index is 9.61. The second-order valence-corrected chi connectivity index (χ2v) is 5.03. The van der Waals surface area contributed by atoms with Gasteiger partial charge in [0.25, 0.3) is 0 Å². The van der Waals surface area contributed by atoms with E-state index in [0.29, 0.717) is 0 Å². The Bertz CT molecular complexity index is 345. The fourth-order valence-electron chi connectivity index (χ4n) is 1.47. The second-order valence-electron chi connectivity index (χ2n) is 4.11. The summed E-state index contributed by atoms with van der Waals surface area (Å²) < 4.78 is 6.67. The van der Waals surface area contributed by atoms with Crippen LogP contribution in [0.5, 0.6) is 5.75 Å². The topological polar surface area (TPSA) is 29.5 Å². The van der Waals surface area contributed by atoms with Crippen molar-refractivity contribution in [3.63, 3.8) is 0 Å². The van der Waals surface area contributed by atoms with Crippen LogP contribution < -0.4 is 4.74 Å². The standard InChI is InChI=1S/C12H15BrO2/c1-8(14)11-6-10(13)4-5-12(11)15-7-9-2-3-9/h4-6,8-9,14H,2-3,7H2,1H3/t8-/m0/s1. The Morgan fingerprint density at radius 2 is 2.27 bits per heavy atom. The lowest BCUT2D eigenvalue weighted by Crippen LogP contribution is -2.03. The quantitative estimate of drug-likeness (QED) is 0.910. The molecule has 0 aliphatic heterocycles. The zero-order chi connectivity index (χ0) is 10.8. The molecule has 2 nitrogen and oxygen atoms in total. The van der Waals surface area contributed by atoms with Gasteiger partial charge < -0.3 is 9.84 Å². The lowest BCUT2D eigenvalue weighted by Gasteiger charge is -2.13. The summed E-state index contributed by atoms with van der Waals surface area (Å²) in [6.07, 6.45) is 2.07. The molecule has 1 saturated carbocycles. The SMILES string of the molecule is C[C@H](O)c1cc(Br)ccc1OCC1CC1. The second kappa shape index (κ2) is 4.54. The Labute approximate surface area is 98.4 Å². The van der Waals surface area contributed by atoms with E-state index in [0.717, 1.165) is 28.3 Å². The molecule has 0 bridgehead atoms. The van der Waals surface area contributed by atoms with Crippen LogP contribution in [0.2, 0.25) is 0 Å². The molecule has 2 rings (SSSR count). The van der Waals surface area contributed by atoms with Gasteiger partial charge in [0.05, 0.1) is 12.7 Å². The molecule has 1 aliphatic carbocycles. The van der Waals surface area contributed by atoms with E-state index in [1.807, 2.05) is 18.2 Å². The molecule has 0 unspecified atom stereocenters. The summed E-state index contributed by atoms with van der Waals surface area (Å²) in [4.78, 5) is 0. The first-order chi connectivity index (χ1) is 7.16. The van der Waals surface area contributed by atoms with Gasteiger partial charge in [-0.1, -0.05) is 15.9 Å². The molecule has 0 aromatic heterocycles. The lowest BCUT2D eigenvalue weighted by atomic mass is 10.1. The third-order valence-electron chi connectivity index (χ3n) is 2.59. The van der Waals surface area contributed by atoms with E-state index >= 15 is 0 Å². The summed E-state index contributed by atoms with van der Waals surface area (Å²) in [5.41, 5.74) is 0.852. The molecule has 15 heavy (non-hydrogen) atoms. The largest absolute Gasteiger partial charge is 0.493 e. The summed E-state index contributed by atoms with van der Waals surface area (Å²) in [7, 11) is 0. The summed E-state index contributed by atoms with van der Waals surface area (Å²) in [6.45, 7) is 2.53. The normalized spacial score (nSPS) is 17.5. The summed E-state index contributed by atoms with van der Waals surface area (Å²) in [5, 5.41) is 9.61. The van der Waals surface area contributed by atoms with Crippen molar-refractivity contribution in [3.05, 3.63) is 28.2 Å². The maximum Gasteiger partial charge on any atom is 0.125 e. The van der Waals surface area contributed by atoms with Crippen LogP contribution in [0.1, 0.15) is 31.4 Å². The van der Waals surface area contributed by atoms with Gasteiger partial charge in [0.1, 0.15) is 5.75 Å². The van der Waals surface area contributed by atoms with Crippen LogP contribution in [-0.2, 0) is 0 Å². The summed E-state index contributed by atoms with van der Waals surface area (Å²) in [5.74, 6) is 1.54. The van der Waals surface area contributed by atoms with Crippen molar-refractivity contribution < 1.29 is 9.84 Å². The lowest BCUT2D eigenvalue weighted by molar-refractivity contribution is 0.190. The molecule has 1 N–H and O–H groups in total. The van der Waals surface area contributed by atoms with Crippen LogP contribution in [0, 0.1) is 5.92 Å². The molecule has 0 spiro atoms. The first-order valence-corrected chi connectivity index (χ1v) is 6.06. The molecule has 0 heterocycles. The van der Waals surface area contributed by atoms with Crippen molar-refractivity contribution in [2.75, 3.05) is 6.61 Å². The van der Waals surface area contributed by atoms with Gasteiger partial charge in [-0.25, -0.2) is 0 Å². The van der Waals surface area contributed by atoms with E-state index in [-0.39, 0.29) is 0 Å². The Morgan fingerprint density at radius 3 is 2.87 bits per heavy atom. The monoisotopic (exact) mass is 270 g/mol. The van der Waals surface area contributed by atoms with E-state index in [1.165, 1.54) is 12.8 Å². The Balaban J connectivity index is 2.12. The Kier molecular flexibility index (Phi) is 3.32. The van der Waals surface area contributed by atoms with Gasteiger partial charge in [-0.15, -0.1) is 0 Å². The van der Waals surface area contributed by atoms with Gasteiger partial charge in [-0.3, -0.25) is 0 Å². The van der Waals surface area contributed by atoms with Crippen LogP contribution in [0.15, 0.2) is 22.7 Å². The van der Waals surface area contributed by atoms with Gasteiger partial charge in [0.15, 0.2) is 0 Å². The van der Waals surface area contributed by atoms with Gasteiger partial charge in [0.2, 0.25) is 0 Å². The van der Waals surface area contributed by atoms with Crippen LogP contribution in [0.3, 0.4) is 0 Å². The van der Waals surface area contributed by atoms with Crippen molar-refractivity contribution in [3.8, 4) is 5.75 Å². The van der Waals surface area contributed by atoms with Crippen molar-refractivity contribution in [1.82, 2.24) is 0 Å². The number of rotatable bonds is 4. The van der Waals surface area contributed by atoms with Gasteiger partial charge in [-0.2, -0.15) is 0 Å². The minimum absolute atomic E-state index is 0.489. The zero-order valence-corrected chi connectivity index (χ0v) is 10.3. The third-order valence-corrected chi connectivity index (χ3v) is 3.09. The van der Waals surface area contributed by atoms with Crippen LogP contribution >= 0.6 is 15.9 Å². The molecule has 1 aliphatic rings. The molecule has 1 atom stereocenters. The minimum atomic E-state index is -0.489. The zero-order valence-electron chi connectivity index (χ0n) is 8.74. The predicted molar refractivity (Wildman–Crippen MR) is 63.0 cm³/mol. The molecular weight excluding hydrogens is 256 g/mol. The smallest absolute Gasteiger partial charge is 0.125 e. The number of aliphatic hydroxyl groups excluding tert-OH is 1. The van der Waals surface area contributed by atoms with Gasteiger partial charge in [0, 0.05) is 10.0 Å². The first-order valence-electron chi connectivity index (χ1n) is 5.27. The van der Waals surface area contributed by atoms with Crippen molar-refractivity contribution >= 4 is 15.9 Å². The fourth-order valence-corrected chi connectivity index (χ4v) is 1.85. The average Bonchev–Trinajstić information content (AvgIpc) is 2.99. The van der Waals surface area contributed by atoms with E-state index in [4.69, 9.17) is 4.74 Å². The molecule has 3 heteroatoms. The molecule has 1 fully saturated rings. The highest BCUT2D eigenvalue weighted by Gasteiger charge is 2.22. The third kappa shape index (κ3) is 2.95. The molecule has 0 saturated heterocycles. The highest BCUT2D eigenvalue weighted by molar-refractivity contribution is 9.10. The van der Waals surface area contributed by atoms with Crippen molar-refractivity contribution in [2.45, 2.75) is 25.9 Å². The van der Waals surface area contributed by atoms with E-state index in [1.54, 1.807) is 6.92 Å². The number of ether oxygens (including phenoxy) is 1. The number of hydrogen-bond donors (Lipinski definition) is 1. The van der Waals surface area contributed by atoms with Gasteiger partial charge >= 0.3 is 0 Å². The summed E-state index contributed by atoms with van der Waals surface area (Å²) in [6, 6.07) is 5.76. The number of hydrogen-bond acceptors (Lipinski definition) is 2. The van der Waals surface area contributed by atoms with Gasteiger partial charge in [-0.05, 0) is 43.9 Å². The molecule has 0 radical (unpaired) electrons. The highest BCUT2D eigenvalue weighted by Crippen LogP contribution is 2.32. The minimum Gasteiger partial charge on any atom is -0.493 e. The van der Waals surface area contributed by atoms with E-state index in [9.17, 15) is 5.11 Å². The number of benzene rings is 1. The Morgan fingerprint density at radius 1 is 1.53 bits per heavy atom. The maximum absolute atomic E-state index is 9.61. The van der Waals surface area contributed by atoms with Crippen molar-refractivity contribution in [2.24, 2.45) is 5.92 Å². The molecule has 1 aromatic rings. The Hall–Kier alpha value is -0.540. The van der Waals surface area contributed by atoms with Crippen LogP contribution in [-0.4, -0.2) is 11.7 Å². The van der Waals surface area contributed by atoms with Crippen LogP contribution in [0.4, 0.5) is 0 Å². The number of aliphatic hydroxyl groups is 1. The van der Waals surface area contributed by atoms with Crippen LogP contribution in [0.25, 0.3) is 0 Å². The molecule has 1 aromatic carbocycles. The predicted octanol–water partition coefficient (Wildman–Crippen LogP) is 3.29. The molecular formula is C12H15BrO2. The molecule has 0 amide bonds. The van der Waals surface area contributed by atoms with E-state index < -0.39 is 6.10 Å². The molecule has 82 valence electrons.